The van der Waals surface area contributed by atoms with E-state index in [9.17, 15) is 5.11 Å². The SMILES string of the molecule is CC(CCc1ccccc1)NC(C)Cc1ccc(O)cc1. The molecule has 2 aromatic rings. The Morgan fingerprint density at radius 3 is 2.19 bits per heavy atom. The van der Waals surface area contributed by atoms with Crippen LogP contribution in [0, 0.1) is 0 Å². The molecule has 21 heavy (non-hydrogen) atoms. The first-order chi connectivity index (χ1) is 10.1. The second-order valence-electron chi connectivity index (χ2n) is 5.86. The number of hydrogen-bond donors (Lipinski definition) is 2. The zero-order valence-electron chi connectivity index (χ0n) is 12.9. The van der Waals surface area contributed by atoms with E-state index in [2.05, 4.69) is 49.5 Å². The van der Waals surface area contributed by atoms with Crippen molar-refractivity contribution in [2.24, 2.45) is 0 Å². The van der Waals surface area contributed by atoms with Crippen LogP contribution in [0.25, 0.3) is 0 Å². The maximum Gasteiger partial charge on any atom is 0.115 e. The fourth-order valence-corrected chi connectivity index (χ4v) is 2.64. The van der Waals surface area contributed by atoms with E-state index >= 15 is 0 Å². The molecule has 2 atom stereocenters. The third kappa shape index (κ3) is 5.60. The van der Waals surface area contributed by atoms with Gasteiger partial charge in [0.2, 0.25) is 0 Å². The molecule has 0 aliphatic rings. The van der Waals surface area contributed by atoms with Gasteiger partial charge in [-0.15, -0.1) is 0 Å². The third-order valence-corrected chi connectivity index (χ3v) is 3.76. The van der Waals surface area contributed by atoms with Crippen LogP contribution in [0.4, 0.5) is 0 Å². The van der Waals surface area contributed by atoms with Crippen molar-refractivity contribution in [3.8, 4) is 5.75 Å². The van der Waals surface area contributed by atoms with Crippen molar-refractivity contribution in [1.29, 1.82) is 0 Å². The van der Waals surface area contributed by atoms with Gasteiger partial charge >= 0.3 is 0 Å². The minimum atomic E-state index is 0.329. The van der Waals surface area contributed by atoms with Crippen LogP contribution in [0.2, 0.25) is 0 Å². The highest BCUT2D eigenvalue weighted by atomic mass is 16.3. The fraction of sp³-hybridized carbons (Fsp3) is 0.368. The Morgan fingerprint density at radius 2 is 1.52 bits per heavy atom. The Bertz CT molecular complexity index is 521. The molecule has 0 heterocycles. The molecule has 2 heteroatoms. The fourth-order valence-electron chi connectivity index (χ4n) is 2.64. The van der Waals surface area contributed by atoms with Crippen LogP contribution in [0.3, 0.4) is 0 Å². The number of aryl methyl sites for hydroxylation is 1. The first-order valence-corrected chi connectivity index (χ1v) is 7.71. The van der Waals surface area contributed by atoms with E-state index in [0.29, 0.717) is 17.8 Å². The highest BCUT2D eigenvalue weighted by Gasteiger charge is 2.08. The molecule has 0 spiro atoms. The standard InChI is InChI=1S/C19H25NO/c1-15(8-9-17-6-4-3-5-7-17)20-16(2)14-18-10-12-19(21)13-11-18/h3-7,10-13,15-16,20-21H,8-9,14H2,1-2H3. The smallest absolute Gasteiger partial charge is 0.115 e. The molecule has 0 fully saturated rings. The average molecular weight is 283 g/mol. The van der Waals surface area contributed by atoms with Crippen LogP contribution in [0.15, 0.2) is 54.6 Å². The third-order valence-electron chi connectivity index (χ3n) is 3.76. The maximum absolute atomic E-state index is 9.30. The van der Waals surface area contributed by atoms with E-state index in [-0.39, 0.29) is 0 Å². The van der Waals surface area contributed by atoms with Gasteiger partial charge in [0.05, 0.1) is 0 Å². The highest BCUT2D eigenvalue weighted by Crippen LogP contribution is 2.12. The monoisotopic (exact) mass is 283 g/mol. The largest absolute Gasteiger partial charge is 0.508 e. The minimum absolute atomic E-state index is 0.329. The van der Waals surface area contributed by atoms with E-state index in [4.69, 9.17) is 0 Å². The summed E-state index contributed by atoms with van der Waals surface area (Å²) >= 11 is 0. The van der Waals surface area contributed by atoms with Gasteiger partial charge in [-0.3, -0.25) is 0 Å². The van der Waals surface area contributed by atoms with Gasteiger partial charge in [-0.25, -0.2) is 0 Å². The number of rotatable bonds is 7. The first-order valence-electron chi connectivity index (χ1n) is 7.71. The molecule has 0 saturated heterocycles. The quantitative estimate of drug-likeness (QED) is 0.807. The van der Waals surface area contributed by atoms with E-state index in [1.807, 2.05) is 12.1 Å². The summed E-state index contributed by atoms with van der Waals surface area (Å²) in [5.74, 6) is 0.329. The number of phenolic OH excluding ortho intramolecular Hbond substituents is 1. The van der Waals surface area contributed by atoms with Gasteiger partial charge in [0.15, 0.2) is 0 Å². The Hall–Kier alpha value is -1.80. The Kier molecular flexibility index (Phi) is 5.82. The average Bonchev–Trinajstić information content (AvgIpc) is 2.48. The molecule has 0 aliphatic carbocycles. The Balaban J connectivity index is 1.74. The molecule has 2 aromatic carbocycles. The lowest BCUT2D eigenvalue weighted by Gasteiger charge is -2.20. The number of aromatic hydroxyl groups is 1. The van der Waals surface area contributed by atoms with Gasteiger partial charge in [0.25, 0.3) is 0 Å². The molecular formula is C19H25NO. The van der Waals surface area contributed by atoms with Crippen molar-refractivity contribution in [2.75, 3.05) is 0 Å². The molecule has 0 amide bonds. The van der Waals surface area contributed by atoms with Crippen molar-refractivity contribution >= 4 is 0 Å². The summed E-state index contributed by atoms with van der Waals surface area (Å²) in [7, 11) is 0. The van der Waals surface area contributed by atoms with E-state index in [0.717, 1.165) is 19.3 Å². The lowest BCUT2D eigenvalue weighted by atomic mass is 10.0. The summed E-state index contributed by atoms with van der Waals surface area (Å²) < 4.78 is 0. The van der Waals surface area contributed by atoms with Crippen molar-refractivity contribution in [1.82, 2.24) is 5.32 Å². The number of benzene rings is 2. The number of hydrogen-bond acceptors (Lipinski definition) is 2. The molecule has 2 nitrogen and oxygen atoms in total. The number of phenols is 1. The Labute approximate surface area is 127 Å². The molecule has 0 radical (unpaired) electrons. The summed E-state index contributed by atoms with van der Waals surface area (Å²) in [5, 5.41) is 12.9. The molecule has 0 aromatic heterocycles. The van der Waals surface area contributed by atoms with Gasteiger partial charge in [-0.1, -0.05) is 42.5 Å². The molecule has 0 saturated carbocycles. The summed E-state index contributed by atoms with van der Waals surface area (Å²) in [6.45, 7) is 4.46. The van der Waals surface area contributed by atoms with Crippen molar-refractivity contribution < 1.29 is 5.11 Å². The zero-order chi connectivity index (χ0) is 15.1. The lowest BCUT2D eigenvalue weighted by molar-refractivity contribution is 0.443. The minimum Gasteiger partial charge on any atom is -0.508 e. The summed E-state index contributed by atoms with van der Waals surface area (Å²) in [5.41, 5.74) is 2.65. The predicted molar refractivity (Wildman–Crippen MR) is 88.6 cm³/mol. The summed E-state index contributed by atoms with van der Waals surface area (Å²) in [6, 6.07) is 19.0. The molecule has 0 bridgehead atoms. The summed E-state index contributed by atoms with van der Waals surface area (Å²) in [6.07, 6.45) is 3.24. The van der Waals surface area contributed by atoms with E-state index < -0.39 is 0 Å². The predicted octanol–water partition coefficient (Wildman–Crippen LogP) is 3.93. The molecule has 2 unspecified atom stereocenters. The molecule has 2 N–H and O–H groups in total. The lowest BCUT2D eigenvalue weighted by Crippen LogP contribution is -2.36. The highest BCUT2D eigenvalue weighted by molar-refractivity contribution is 5.26. The molecular weight excluding hydrogens is 258 g/mol. The van der Waals surface area contributed by atoms with Gasteiger partial charge in [0, 0.05) is 12.1 Å². The van der Waals surface area contributed by atoms with Crippen LogP contribution in [0.1, 0.15) is 31.4 Å². The first kappa shape index (κ1) is 15.6. The van der Waals surface area contributed by atoms with Crippen LogP contribution in [-0.4, -0.2) is 17.2 Å². The molecule has 0 aliphatic heterocycles. The topological polar surface area (TPSA) is 32.3 Å². The van der Waals surface area contributed by atoms with Crippen molar-refractivity contribution in [2.45, 2.75) is 45.2 Å². The van der Waals surface area contributed by atoms with E-state index in [1.54, 1.807) is 12.1 Å². The zero-order valence-corrected chi connectivity index (χ0v) is 12.9. The van der Waals surface area contributed by atoms with E-state index in [1.165, 1.54) is 11.1 Å². The van der Waals surface area contributed by atoms with Crippen LogP contribution in [0.5, 0.6) is 5.75 Å². The van der Waals surface area contributed by atoms with Gasteiger partial charge < -0.3 is 10.4 Å². The summed E-state index contributed by atoms with van der Waals surface area (Å²) in [4.78, 5) is 0. The van der Waals surface area contributed by atoms with Gasteiger partial charge in [0.1, 0.15) is 5.75 Å². The second kappa shape index (κ2) is 7.84. The van der Waals surface area contributed by atoms with Crippen molar-refractivity contribution in [3.63, 3.8) is 0 Å². The van der Waals surface area contributed by atoms with Gasteiger partial charge in [-0.05, 0) is 56.4 Å². The number of nitrogens with one attached hydrogen (secondary N) is 1. The van der Waals surface area contributed by atoms with Crippen LogP contribution < -0.4 is 5.32 Å². The van der Waals surface area contributed by atoms with Gasteiger partial charge in [-0.2, -0.15) is 0 Å². The van der Waals surface area contributed by atoms with Crippen LogP contribution >= 0.6 is 0 Å². The molecule has 2 rings (SSSR count). The van der Waals surface area contributed by atoms with Crippen molar-refractivity contribution in [3.05, 3.63) is 65.7 Å². The normalized spacial score (nSPS) is 13.8. The van der Waals surface area contributed by atoms with Crippen LogP contribution in [-0.2, 0) is 12.8 Å². The maximum atomic E-state index is 9.30. The molecule has 112 valence electrons. The second-order valence-corrected chi connectivity index (χ2v) is 5.86. The Morgan fingerprint density at radius 1 is 0.857 bits per heavy atom.